The Labute approximate surface area is 118 Å². The summed E-state index contributed by atoms with van der Waals surface area (Å²) in [6.45, 7) is -0.356. The normalized spacial score (nSPS) is 11.9. The number of hydrogen-bond acceptors (Lipinski definition) is 6. The molecule has 1 heterocycles. The molecule has 1 atom stereocenters. The molecular weight excluding hydrogens is 294 g/mol. The highest BCUT2D eigenvalue weighted by Crippen LogP contribution is 2.16. The van der Waals surface area contributed by atoms with E-state index in [4.69, 9.17) is 21.8 Å². The van der Waals surface area contributed by atoms with Gasteiger partial charge in [-0.05, 0) is 6.26 Å². The number of aliphatic hydroxyl groups excluding tert-OH is 1. The number of aliphatic hydroxyl groups is 1. The summed E-state index contributed by atoms with van der Waals surface area (Å²) >= 11 is 7.02. The van der Waals surface area contributed by atoms with Gasteiger partial charge in [0.25, 0.3) is 5.91 Å². The van der Waals surface area contributed by atoms with Crippen molar-refractivity contribution < 1.29 is 19.8 Å². The van der Waals surface area contributed by atoms with Crippen LogP contribution in [0.25, 0.3) is 0 Å². The van der Waals surface area contributed by atoms with Gasteiger partial charge >= 0.3 is 5.97 Å². The molecule has 19 heavy (non-hydrogen) atoms. The molecule has 1 aromatic rings. The Hall–Kier alpha value is -1.38. The maximum atomic E-state index is 11.9. The van der Waals surface area contributed by atoms with Crippen LogP contribution in [0.1, 0.15) is 16.9 Å². The van der Waals surface area contributed by atoms with Gasteiger partial charge in [-0.15, -0.1) is 0 Å². The Morgan fingerprint density at radius 1 is 1.58 bits per heavy atom. The zero-order chi connectivity index (χ0) is 14.4. The summed E-state index contributed by atoms with van der Waals surface area (Å²) in [4.78, 5) is 30.5. The van der Waals surface area contributed by atoms with E-state index in [1.54, 1.807) is 6.26 Å². The van der Waals surface area contributed by atoms with Crippen LogP contribution < -0.4 is 5.32 Å². The number of hydrogen-bond donors (Lipinski definition) is 3. The Morgan fingerprint density at radius 2 is 2.26 bits per heavy atom. The highest BCUT2D eigenvalue weighted by atomic mass is 35.5. The van der Waals surface area contributed by atoms with Crippen molar-refractivity contribution in [2.45, 2.75) is 17.6 Å². The van der Waals surface area contributed by atoms with Crippen LogP contribution in [0.5, 0.6) is 0 Å². The lowest BCUT2D eigenvalue weighted by Crippen LogP contribution is -2.41. The molecule has 1 amide bonds. The number of nitrogens with one attached hydrogen (secondary N) is 1. The van der Waals surface area contributed by atoms with E-state index in [2.05, 4.69) is 15.3 Å². The number of rotatable bonds is 6. The monoisotopic (exact) mass is 305 g/mol. The van der Waals surface area contributed by atoms with Crippen LogP contribution in [0, 0.1) is 0 Å². The summed E-state index contributed by atoms with van der Waals surface area (Å²) in [5, 5.41) is 20.2. The predicted octanol–water partition coefficient (Wildman–Crippen LogP) is 0.417. The first-order chi connectivity index (χ1) is 8.99. The first-order valence-electron chi connectivity index (χ1n) is 5.20. The molecule has 0 spiro atoms. The molecule has 0 bridgehead atoms. The number of carboxylic acids is 1. The zero-order valence-corrected chi connectivity index (χ0v) is 11.5. The van der Waals surface area contributed by atoms with Crippen LogP contribution in [-0.2, 0) is 4.79 Å². The molecule has 0 saturated carbocycles. The van der Waals surface area contributed by atoms with Crippen molar-refractivity contribution in [3.8, 4) is 0 Å². The lowest BCUT2D eigenvalue weighted by molar-refractivity contribution is -0.139. The number of aromatic nitrogens is 2. The van der Waals surface area contributed by atoms with Gasteiger partial charge in [0.15, 0.2) is 10.9 Å². The number of thioether (sulfide) groups is 1. The van der Waals surface area contributed by atoms with E-state index in [0.717, 1.165) is 0 Å². The Bertz CT molecular complexity index is 486. The molecule has 1 aromatic heterocycles. The first kappa shape index (κ1) is 15.7. The van der Waals surface area contributed by atoms with E-state index in [1.165, 1.54) is 18.0 Å². The van der Waals surface area contributed by atoms with Crippen LogP contribution in [0.2, 0.25) is 5.02 Å². The van der Waals surface area contributed by atoms with Gasteiger partial charge in [0.1, 0.15) is 6.04 Å². The van der Waals surface area contributed by atoms with Crippen molar-refractivity contribution in [1.29, 1.82) is 0 Å². The summed E-state index contributed by atoms with van der Waals surface area (Å²) in [5.41, 5.74) is -0.0924. The molecule has 0 saturated heterocycles. The van der Waals surface area contributed by atoms with E-state index < -0.39 is 17.9 Å². The van der Waals surface area contributed by atoms with Gasteiger partial charge in [-0.2, -0.15) is 0 Å². The Balaban J connectivity index is 2.90. The lowest BCUT2D eigenvalue weighted by Gasteiger charge is -2.13. The molecule has 0 fully saturated rings. The number of aliphatic carboxylic acids is 1. The maximum absolute atomic E-state index is 11.9. The number of halogens is 1. The standard InChI is InChI=1S/C10H12ClN3O4S/c1-19-10-12-4-5(11)7(14-10)8(16)13-6(2-3-15)9(17)18/h4,6,15H,2-3H2,1H3,(H,13,16)(H,17,18)/t6-/m0/s1. The van der Waals surface area contributed by atoms with Crippen molar-refractivity contribution in [2.24, 2.45) is 0 Å². The molecular formula is C10H12ClN3O4S. The topological polar surface area (TPSA) is 112 Å². The van der Waals surface area contributed by atoms with Gasteiger partial charge in [0, 0.05) is 13.0 Å². The second kappa shape index (κ2) is 7.27. The number of carbonyl (C=O) groups excluding carboxylic acids is 1. The van der Waals surface area contributed by atoms with Gasteiger partial charge < -0.3 is 15.5 Å². The van der Waals surface area contributed by atoms with Crippen LogP contribution in [0.3, 0.4) is 0 Å². The summed E-state index contributed by atoms with van der Waals surface area (Å²) in [6, 6.07) is -1.19. The third-order valence-electron chi connectivity index (χ3n) is 2.14. The Morgan fingerprint density at radius 3 is 2.79 bits per heavy atom. The van der Waals surface area contributed by atoms with Gasteiger partial charge in [-0.3, -0.25) is 4.79 Å². The van der Waals surface area contributed by atoms with Gasteiger partial charge in [0.2, 0.25) is 0 Å². The smallest absolute Gasteiger partial charge is 0.326 e. The molecule has 3 N–H and O–H groups in total. The lowest BCUT2D eigenvalue weighted by atomic mass is 10.2. The van der Waals surface area contributed by atoms with Crippen molar-refractivity contribution in [3.05, 3.63) is 16.9 Å². The quantitative estimate of drug-likeness (QED) is 0.515. The minimum atomic E-state index is -1.24. The predicted molar refractivity (Wildman–Crippen MR) is 69.4 cm³/mol. The number of carboxylic acid groups (broad SMARTS) is 1. The SMILES string of the molecule is CSc1ncc(Cl)c(C(=O)N[C@@H](CCO)C(=O)O)n1. The molecule has 1 rings (SSSR count). The zero-order valence-electron chi connectivity index (χ0n) is 9.96. The van der Waals surface area contributed by atoms with Gasteiger partial charge in [0.05, 0.1) is 11.2 Å². The fourth-order valence-electron chi connectivity index (χ4n) is 1.22. The molecule has 7 nitrogen and oxygen atoms in total. The molecule has 0 aliphatic carbocycles. The number of carbonyl (C=O) groups is 2. The second-order valence-corrected chi connectivity index (χ2v) is 4.61. The summed E-state index contributed by atoms with van der Waals surface area (Å²) in [7, 11) is 0. The number of amides is 1. The maximum Gasteiger partial charge on any atom is 0.326 e. The van der Waals surface area contributed by atoms with Crippen molar-refractivity contribution >= 4 is 35.2 Å². The van der Waals surface area contributed by atoms with E-state index in [-0.39, 0.29) is 23.7 Å². The average Bonchev–Trinajstić information content (AvgIpc) is 2.38. The van der Waals surface area contributed by atoms with Crippen molar-refractivity contribution in [1.82, 2.24) is 15.3 Å². The average molecular weight is 306 g/mol. The molecule has 104 valence electrons. The van der Waals surface area contributed by atoms with E-state index >= 15 is 0 Å². The molecule has 0 radical (unpaired) electrons. The van der Waals surface area contributed by atoms with Crippen LogP contribution in [-0.4, -0.2) is 51.0 Å². The minimum Gasteiger partial charge on any atom is -0.480 e. The van der Waals surface area contributed by atoms with Gasteiger partial charge in [-0.1, -0.05) is 23.4 Å². The highest BCUT2D eigenvalue weighted by Gasteiger charge is 2.22. The fourth-order valence-corrected chi connectivity index (χ4v) is 1.74. The molecule has 9 heteroatoms. The third-order valence-corrected chi connectivity index (χ3v) is 2.98. The molecule has 0 aliphatic heterocycles. The van der Waals surface area contributed by atoms with Crippen LogP contribution in [0.15, 0.2) is 11.4 Å². The Kier molecular flexibility index (Phi) is 6.00. The largest absolute Gasteiger partial charge is 0.480 e. The number of nitrogens with zero attached hydrogens (tertiary/aromatic N) is 2. The van der Waals surface area contributed by atoms with E-state index in [9.17, 15) is 9.59 Å². The van der Waals surface area contributed by atoms with Crippen LogP contribution in [0.4, 0.5) is 0 Å². The van der Waals surface area contributed by atoms with Gasteiger partial charge in [-0.25, -0.2) is 14.8 Å². The third kappa shape index (κ3) is 4.34. The summed E-state index contributed by atoms with van der Waals surface area (Å²) in [5.74, 6) is -1.96. The highest BCUT2D eigenvalue weighted by molar-refractivity contribution is 7.98. The first-order valence-corrected chi connectivity index (χ1v) is 6.81. The molecule has 0 aliphatic rings. The molecule has 0 unspecified atom stereocenters. The van der Waals surface area contributed by atoms with Crippen LogP contribution >= 0.6 is 23.4 Å². The molecule has 0 aromatic carbocycles. The summed E-state index contributed by atoms with van der Waals surface area (Å²) in [6.07, 6.45) is 2.91. The van der Waals surface area contributed by atoms with Crippen molar-refractivity contribution in [2.75, 3.05) is 12.9 Å². The van der Waals surface area contributed by atoms with E-state index in [1.807, 2.05) is 0 Å². The van der Waals surface area contributed by atoms with Crippen molar-refractivity contribution in [3.63, 3.8) is 0 Å². The van der Waals surface area contributed by atoms with E-state index in [0.29, 0.717) is 5.16 Å². The minimum absolute atomic E-state index is 0.0310. The second-order valence-electron chi connectivity index (χ2n) is 3.43. The summed E-state index contributed by atoms with van der Waals surface area (Å²) < 4.78 is 0. The fraction of sp³-hybridized carbons (Fsp3) is 0.400.